The quantitative estimate of drug-likeness (QED) is 0.474. The largest absolute Gasteiger partial charge is 0.362 e. The zero-order chi connectivity index (χ0) is 19.4. The van der Waals surface area contributed by atoms with E-state index in [1.807, 2.05) is 12.1 Å². The fourth-order valence-electron chi connectivity index (χ4n) is 4.55. The minimum absolute atomic E-state index is 0.0789. The van der Waals surface area contributed by atoms with E-state index in [9.17, 15) is 0 Å². The Morgan fingerprint density at radius 1 is 1.14 bits per heavy atom. The third-order valence-electron chi connectivity index (χ3n) is 6.01. The molecule has 0 amide bonds. The van der Waals surface area contributed by atoms with E-state index in [0.717, 1.165) is 47.1 Å². The minimum atomic E-state index is 0.0789. The molecular formula is C19H22BrN9. The van der Waals surface area contributed by atoms with Gasteiger partial charge in [-0.15, -0.1) is 0 Å². The molecule has 3 aromatic rings. The number of anilines is 4. The Morgan fingerprint density at radius 2 is 1.97 bits per heavy atom. The first-order valence-corrected chi connectivity index (χ1v) is 10.8. The zero-order valence-corrected chi connectivity index (χ0v) is 17.4. The van der Waals surface area contributed by atoms with Crippen LogP contribution in [0.15, 0.2) is 34.9 Å². The first-order valence-electron chi connectivity index (χ1n) is 10.0. The van der Waals surface area contributed by atoms with Crippen molar-refractivity contribution in [3.8, 4) is 0 Å². The van der Waals surface area contributed by atoms with Crippen LogP contribution in [0.5, 0.6) is 0 Å². The number of aromatic nitrogens is 4. The van der Waals surface area contributed by atoms with Crippen LogP contribution in [0, 0.1) is 5.92 Å². The standard InChI is InChI=1S/C19H22BrN9/c20-12-7-23-29-17(12)26-19(28-9-11-5-6-21-15(11)10-28)27-18(29)22-8-16-24-13-3-1-2-4-14(13)25-16/h1-4,7,11,15-16,21,24-25H,5-6,8-10H2,(H,22,26,27). The Hall–Kier alpha value is -2.59. The van der Waals surface area contributed by atoms with Gasteiger partial charge in [0.1, 0.15) is 6.17 Å². The van der Waals surface area contributed by atoms with E-state index in [4.69, 9.17) is 9.97 Å². The monoisotopic (exact) mass is 455 g/mol. The van der Waals surface area contributed by atoms with Crippen molar-refractivity contribution in [3.05, 3.63) is 34.9 Å². The lowest BCUT2D eigenvalue weighted by Crippen LogP contribution is -2.33. The molecule has 0 aliphatic carbocycles. The van der Waals surface area contributed by atoms with Gasteiger partial charge in [0.15, 0.2) is 5.65 Å². The van der Waals surface area contributed by atoms with E-state index in [-0.39, 0.29) is 6.17 Å². The summed E-state index contributed by atoms with van der Waals surface area (Å²) >= 11 is 3.57. The summed E-state index contributed by atoms with van der Waals surface area (Å²) in [7, 11) is 0. The van der Waals surface area contributed by atoms with Crippen LogP contribution in [0.3, 0.4) is 0 Å². The van der Waals surface area contributed by atoms with Gasteiger partial charge in [-0.1, -0.05) is 12.1 Å². The number of nitrogens with zero attached hydrogens (tertiary/aromatic N) is 5. The molecule has 2 saturated heterocycles. The van der Waals surface area contributed by atoms with Gasteiger partial charge in [0.05, 0.1) is 28.6 Å². The predicted octanol–water partition coefficient (Wildman–Crippen LogP) is 1.96. The summed E-state index contributed by atoms with van der Waals surface area (Å²) in [6.07, 6.45) is 3.07. The molecule has 150 valence electrons. The van der Waals surface area contributed by atoms with Crippen LogP contribution in [0.2, 0.25) is 0 Å². The molecule has 29 heavy (non-hydrogen) atoms. The molecule has 10 heteroatoms. The van der Waals surface area contributed by atoms with Crippen molar-refractivity contribution < 1.29 is 0 Å². The van der Waals surface area contributed by atoms with Crippen LogP contribution in [0.4, 0.5) is 23.3 Å². The van der Waals surface area contributed by atoms with Crippen molar-refractivity contribution in [1.29, 1.82) is 0 Å². The molecule has 9 nitrogen and oxygen atoms in total. The van der Waals surface area contributed by atoms with Crippen molar-refractivity contribution in [2.24, 2.45) is 5.92 Å². The fraction of sp³-hybridized carbons (Fsp3) is 0.421. The topological polar surface area (TPSA) is 94.4 Å². The molecule has 2 aromatic heterocycles. The van der Waals surface area contributed by atoms with Gasteiger partial charge in [-0.2, -0.15) is 19.6 Å². The molecule has 2 atom stereocenters. The number of hydrogen-bond acceptors (Lipinski definition) is 8. The van der Waals surface area contributed by atoms with Gasteiger partial charge in [-0.05, 0) is 46.9 Å². The molecule has 1 aromatic carbocycles. The van der Waals surface area contributed by atoms with Crippen LogP contribution in [-0.2, 0) is 0 Å². The van der Waals surface area contributed by atoms with Crippen LogP contribution in [-0.4, -0.2) is 58.0 Å². The van der Waals surface area contributed by atoms with Gasteiger partial charge in [0.25, 0.3) is 0 Å². The number of hydrogen-bond donors (Lipinski definition) is 4. The van der Waals surface area contributed by atoms with Crippen molar-refractivity contribution in [3.63, 3.8) is 0 Å². The maximum atomic E-state index is 4.83. The Labute approximate surface area is 176 Å². The second-order valence-corrected chi connectivity index (χ2v) is 8.71. The lowest BCUT2D eigenvalue weighted by molar-refractivity contribution is 0.556. The third-order valence-corrected chi connectivity index (χ3v) is 6.57. The van der Waals surface area contributed by atoms with Gasteiger partial charge in [-0.3, -0.25) is 0 Å². The molecule has 3 aliphatic rings. The minimum Gasteiger partial charge on any atom is -0.362 e. The molecule has 2 fully saturated rings. The molecule has 0 spiro atoms. The lowest BCUT2D eigenvalue weighted by atomic mass is 10.1. The van der Waals surface area contributed by atoms with Crippen molar-refractivity contribution in [2.45, 2.75) is 18.6 Å². The van der Waals surface area contributed by atoms with E-state index < -0.39 is 0 Å². The Balaban J connectivity index is 1.25. The van der Waals surface area contributed by atoms with Crippen molar-refractivity contribution in [1.82, 2.24) is 24.9 Å². The second kappa shape index (κ2) is 6.74. The summed E-state index contributed by atoms with van der Waals surface area (Å²) in [5, 5.41) is 18.4. The second-order valence-electron chi connectivity index (χ2n) is 7.86. The molecule has 0 saturated carbocycles. The SMILES string of the molecule is Brc1cnn2c(NCC3Nc4ccccc4N3)nc(N3CC4CCNC4C3)nc12. The normalized spacial score (nSPS) is 23.1. The molecular weight excluding hydrogens is 434 g/mol. The maximum absolute atomic E-state index is 4.83. The van der Waals surface area contributed by atoms with Crippen LogP contribution in [0.25, 0.3) is 5.65 Å². The van der Waals surface area contributed by atoms with Crippen LogP contribution in [0.1, 0.15) is 6.42 Å². The summed E-state index contributed by atoms with van der Waals surface area (Å²) in [5.41, 5.74) is 3.01. The average molecular weight is 456 g/mol. The highest BCUT2D eigenvalue weighted by Gasteiger charge is 2.37. The van der Waals surface area contributed by atoms with E-state index >= 15 is 0 Å². The van der Waals surface area contributed by atoms with Gasteiger partial charge in [-0.25, -0.2) is 0 Å². The van der Waals surface area contributed by atoms with Crippen molar-refractivity contribution >= 4 is 44.8 Å². The van der Waals surface area contributed by atoms with Gasteiger partial charge >= 0.3 is 0 Å². The summed E-state index contributed by atoms with van der Waals surface area (Å²) in [6, 6.07) is 8.76. The zero-order valence-electron chi connectivity index (χ0n) is 15.8. The number of nitrogens with one attached hydrogen (secondary N) is 4. The number of fused-ring (bicyclic) bond motifs is 3. The van der Waals surface area contributed by atoms with Gasteiger partial charge < -0.3 is 26.2 Å². The Bertz CT molecular complexity index is 1030. The van der Waals surface area contributed by atoms with Gasteiger partial charge in [0, 0.05) is 19.1 Å². The molecule has 2 unspecified atom stereocenters. The van der Waals surface area contributed by atoms with E-state index in [1.165, 1.54) is 6.42 Å². The number of halogens is 1. The summed E-state index contributed by atoms with van der Waals surface area (Å²) in [5.74, 6) is 2.14. The highest BCUT2D eigenvalue weighted by atomic mass is 79.9. The summed E-state index contributed by atoms with van der Waals surface area (Å²) in [6.45, 7) is 3.73. The number of benzene rings is 1. The van der Waals surface area contributed by atoms with Crippen LogP contribution < -0.4 is 26.2 Å². The molecule has 0 bridgehead atoms. The Kier molecular flexibility index (Phi) is 4.01. The van der Waals surface area contributed by atoms with Gasteiger partial charge in [0.2, 0.25) is 11.9 Å². The smallest absolute Gasteiger partial charge is 0.230 e. The first-order chi connectivity index (χ1) is 14.2. The van der Waals surface area contributed by atoms with E-state index in [1.54, 1.807) is 10.7 Å². The highest BCUT2D eigenvalue weighted by Crippen LogP contribution is 2.30. The fourth-order valence-corrected chi connectivity index (χ4v) is 4.90. The molecule has 5 heterocycles. The molecule has 4 N–H and O–H groups in total. The van der Waals surface area contributed by atoms with Crippen molar-refractivity contribution in [2.75, 3.05) is 47.0 Å². The van der Waals surface area contributed by atoms with Crippen LogP contribution >= 0.6 is 15.9 Å². The van der Waals surface area contributed by atoms with E-state index in [2.05, 4.69) is 59.3 Å². The maximum Gasteiger partial charge on any atom is 0.230 e. The number of rotatable bonds is 4. The first kappa shape index (κ1) is 17.3. The highest BCUT2D eigenvalue weighted by molar-refractivity contribution is 9.10. The summed E-state index contributed by atoms with van der Waals surface area (Å²) < 4.78 is 2.62. The van der Waals surface area contributed by atoms with E-state index in [0.29, 0.717) is 24.5 Å². The molecule has 3 aliphatic heterocycles. The molecule has 6 rings (SSSR count). The predicted molar refractivity (Wildman–Crippen MR) is 117 cm³/mol. The molecule has 0 radical (unpaired) electrons. The number of para-hydroxylation sites is 2. The third kappa shape index (κ3) is 2.98. The Morgan fingerprint density at radius 3 is 2.76 bits per heavy atom. The lowest BCUT2D eigenvalue weighted by Gasteiger charge is -2.19. The summed E-state index contributed by atoms with van der Waals surface area (Å²) in [4.78, 5) is 11.9. The average Bonchev–Trinajstić information content (AvgIpc) is 3.48.